The van der Waals surface area contributed by atoms with Gasteiger partial charge in [-0.25, -0.2) is 0 Å². The third-order valence-corrected chi connectivity index (χ3v) is 3.20. The fourth-order valence-corrected chi connectivity index (χ4v) is 2.34. The number of hydrogen-bond acceptors (Lipinski definition) is 8. The summed E-state index contributed by atoms with van der Waals surface area (Å²) in [6, 6.07) is 0. The van der Waals surface area contributed by atoms with Crippen molar-refractivity contribution in [3.8, 4) is 0 Å². The van der Waals surface area contributed by atoms with Crippen LogP contribution in [-0.4, -0.2) is 62.1 Å². The minimum atomic E-state index is -3.63. The molecule has 0 aromatic heterocycles. The lowest BCUT2D eigenvalue weighted by Crippen LogP contribution is -2.33. The highest BCUT2D eigenvalue weighted by Gasteiger charge is 2.23. The maximum absolute atomic E-state index is 11.0. The summed E-state index contributed by atoms with van der Waals surface area (Å²) in [5.74, 6) is 0. The normalized spacial score (nSPS) is 16.2. The van der Waals surface area contributed by atoms with E-state index < -0.39 is 32.4 Å². The Hall–Kier alpha value is -0.260. The number of rotatable bonds is 10. The van der Waals surface area contributed by atoms with Crippen LogP contribution in [0.1, 0.15) is 13.3 Å². The second-order valence-corrected chi connectivity index (χ2v) is 7.18. The molecule has 19 heavy (non-hydrogen) atoms. The Morgan fingerprint density at radius 2 is 1.63 bits per heavy atom. The lowest BCUT2D eigenvalue weighted by molar-refractivity contribution is -0.106. The van der Waals surface area contributed by atoms with Gasteiger partial charge in [-0.1, -0.05) is 0 Å². The van der Waals surface area contributed by atoms with E-state index in [1.165, 1.54) is 14.0 Å². The Balaban J connectivity index is 4.44. The van der Waals surface area contributed by atoms with Gasteiger partial charge in [-0.3, -0.25) is 8.37 Å². The maximum atomic E-state index is 11.0. The highest BCUT2D eigenvalue weighted by Crippen LogP contribution is 2.11. The molecule has 0 radical (unpaired) electrons. The van der Waals surface area contributed by atoms with Gasteiger partial charge in [-0.15, -0.1) is 0 Å². The predicted molar refractivity (Wildman–Crippen MR) is 67.6 cm³/mol. The van der Waals surface area contributed by atoms with E-state index in [0.29, 0.717) is 0 Å². The third kappa shape index (κ3) is 11.3. The van der Waals surface area contributed by atoms with Gasteiger partial charge in [-0.05, 0) is 6.92 Å². The van der Waals surface area contributed by atoms with Crippen LogP contribution in [0.4, 0.5) is 0 Å². The first kappa shape index (κ1) is 18.7. The van der Waals surface area contributed by atoms with E-state index in [1.54, 1.807) is 0 Å². The molecule has 0 saturated carbocycles. The van der Waals surface area contributed by atoms with Crippen LogP contribution < -0.4 is 0 Å². The molecule has 0 aliphatic carbocycles. The van der Waals surface area contributed by atoms with Crippen LogP contribution in [-0.2, 0) is 38.1 Å². The highest BCUT2D eigenvalue weighted by molar-refractivity contribution is 7.86. The molecule has 0 unspecified atom stereocenters. The maximum Gasteiger partial charge on any atom is 0.264 e. The molecule has 0 spiro atoms. The van der Waals surface area contributed by atoms with E-state index in [2.05, 4.69) is 4.18 Å². The Morgan fingerprint density at radius 3 is 2.05 bits per heavy atom. The SMILES string of the molecule is COCO[C@@H](CCOS(C)(=O)=O)[C@@H](C)OS(C)(=O)=O. The summed E-state index contributed by atoms with van der Waals surface area (Å²) in [6.07, 6.45) is 0.538. The lowest BCUT2D eigenvalue weighted by Gasteiger charge is -2.22. The lowest BCUT2D eigenvalue weighted by atomic mass is 10.2. The standard InChI is InChI=1S/C9H20O8S2/c1-8(17-19(4,12)13)9(15-7-14-2)5-6-16-18(3,10)11/h8-9H,5-7H2,1-4H3/t8-,9+/m1/s1. The zero-order valence-electron chi connectivity index (χ0n) is 11.4. The van der Waals surface area contributed by atoms with Gasteiger partial charge in [0.25, 0.3) is 20.2 Å². The van der Waals surface area contributed by atoms with Gasteiger partial charge in [0.1, 0.15) is 12.9 Å². The van der Waals surface area contributed by atoms with Crippen molar-refractivity contribution in [3.63, 3.8) is 0 Å². The fraction of sp³-hybridized carbons (Fsp3) is 1.00. The summed E-state index contributed by atoms with van der Waals surface area (Å²) < 4.78 is 62.9. The Kier molecular flexibility index (Phi) is 8.01. The van der Waals surface area contributed by atoms with Gasteiger partial charge in [0.05, 0.1) is 25.2 Å². The Labute approximate surface area is 114 Å². The molecule has 0 saturated heterocycles. The van der Waals surface area contributed by atoms with Crippen molar-refractivity contribution in [2.75, 3.05) is 33.0 Å². The highest BCUT2D eigenvalue weighted by atomic mass is 32.2. The topological polar surface area (TPSA) is 105 Å². The van der Waals surface area contributed by atoms with E-state index >= 15 is 0 Å². The van der Waals surface area contributed by atoms with Crippen LogP contribution >= 0.6 is 0 Å². The van der Waals surface area contributed by atoms with Crippen molar-refractivity contribution < 1.29 is 34.7 Å². The molecule has 0 rings (SSSR count). The van der Waals surface area contributed by atoms with Gasteiger partial charge < -0.3 is 9.47 Å². The number of ether oxygens (including phenoxy) is 2. The van der Waals surface area contributed by atoms with E-state index in [-0.39, 0.29) is 19.8 Å². The molecule has 0 bridgehead atoms. The van der Waals surface area contributed by atoms with Gasteiger partial charge in [0, 0.05) is 13.5 Å². The largest absolute Gasteiger partial charge is 0.359 e. The molecule has 0 amide bonds. The second kappa shape index (κ2) is 8.12. The Bertz CT molecular complexity index is 441. The molecule has 0 aromatic carbocycles. The summed E-state index contributed by atoms with van der Waals surface area (Å²) >= 11 is 0. The van der Waals surface area contributed by atoms with Crippen LogP contribution in [0.2, 0.25) is 0 Å². The molecule has 10 heteroatoms. The molecular weight excluding hydrogens is 300 g/mol. The first-order valence-electron chi connectivity index (χ1n) is 5.38. The van der Waals surface area contributed by atoms with E-state index in [4.69, 9.17) is 13.7 Å². The smallest absolute Gasteiger partial charge is 0.264 e. The number of hydrogen-bond donors (Lipinski definition) is 0. The summed E-state index contributed by atoms with van der Waals surface area (Å²) in [5, 5.41) is 0. The molecule has 8 nitrogen and oxygen atoms in total. The molecule has 0 aromatic rings. The van der Waals surface area contributed by atoms with Crippen molar-refractivity contribution in [1.29, 1.82) is 0 Å². The van der Waals surface area contributed by atoms with Crippen molar-refractivity contribution in [1.82, 2.24) is 0 Å². The molecule has 0 fully saturated rings. The van der Waals surface area contributed by atoms with Gasteiger partial charge >= 0.3 is 0 Å². The van der Waals surface area contributed by atoms with Crippen molar-refractivity contribution in [2.24, 2.45) is 0 Å². The van der Waals surface area contributed by atoms with E-state index in [9.17, 15) is 16.8 Å². The van der Waals surface area contributed by atoms with Gasteiger partial charge in [0.2, 0.25) is 0 Å². The minimum Gasteiger partial charge on any atom is -0.359 e. The van der Waals surface area contributed by atoms with E-state index in [1.807, 2.05) is 0 Å². The summed E-state index contributed by atoms with van der Waals surface area (Å²) in [5.41, 5.74) is 0. The van der Waals surface area contributed by atoms with E-state index in [0.717, 1.165) is 12.5 Å². The molecule has 0 heterocycles. The van der Waals surface area contributed by atoms with Crippen LogP contribution in [0.15, 0.2) is 0 Å². The fourth-order valence-electron chi connectivity index (χ4n) is 1.26. The van der Waals surface area contributed by atoms with Crippen molar-refractivity contribution >= 4 is 20.2 Å². The Morgan fingerprint density at radius 1 is 1.05 bits per heavy atom. The number of methoxy groups -OCH3 is 1. The van der Waals surface area contributed by atoms with Crippen molar-refractivity contribution in [2.45, 2.75) is 25.6 Å². The molecule has 0 N–H and O–H groups in total. The summed E-state index contributed by atoms with van der Waals surface area (Å²) in [7, 11) is -5.76. The average molecular weight is 320 g/mol. The monoisotopic (exact) mass is 320 g/mol. The van der Waals surface area contributed by atoms with Crippen molar-refractivity contribution in [3.05, 3.63) is 0 Å². The van der Waals surface area contributed by atoms with Crippen LogP contribution in [0.5, 0.6) is 0 Å². The van der Waals surface area contributed by atoms with Crippen LogP contribution in [0.25, 0.3) is 0 Å². The predicted octanol–water partition coefficient (Wildman–Crippen LogP) is -0.293. The zero-order valence-corrected chi connectivity index (χ0v) is 13.0. The quantitative estimate of drug-likeness (QED) is 0.399. The first-order chi connectivity index (χ1) is 8.55. The molecular formula is C9H20O8S2. The molecule has 0 aliphatic heterocycles. The molecule has 2 atom stereocenters. The minimum absolute atomic E-state index is 0.0684. The second-order valence-electron chi connectivity index (χ2n) is 3.93. The van der Waals surface area contributed by atoms with Crippen LogP contribution in [0, 0.1) is 0 Å². The zero-order chi connectivity index (χ0) is 15.1. The summed E-state index contributed by atoms with van der Waals surface area (Å²) in [6.45, 7) is 1.30. The average Bonchev–Trinajstić information content (AvgIpc) is 2.18. The van der Waals surface area contributed by atoms with Crippen LogP contribution in [0.3, 0.4) is 0 Å². The molecule has 0 aliphatic rings. The first-order valence-corrected chi connectivity index (χ1v) is 9.01. The third-order valence-electron chi connectivity index (χ3n) is 1.95. The molecule has 116 valence electrons. The van der Waals surface area contributed by atoms with Gasteiger partial charge in [-0.2, -0.15) is 16.8 Å². The summed E-state index contributed by atoms with van der Waals surface area (Å²) in [4.78, 5) is 0. The van der Waals surface area contributed by atoms with Gasteiger partial charge in [0.15, 0.2) is 0 Å².